The second-order valence-corrected chi connectivity index (χ2v) is 7.80. The minimum absolute atomic E-state index is 0.0243. The largest absolute Gasteiger partial charge is 0.462 e. The van der Waals surface area contributed by atoms with E-state index in [4.69, 9.17) is 9.47 Å². The minimum Gasteiger partial charge on any atom is -0.462 e. The third kappa shape index (κ3) is 6.81. The van der Waals surface area contributed by atoms with Crippen molar-refractivity contribution in [2.24, 2.45) is 0 Å². The molecule has 1 fully saturated rings. The van der Waals surface area contributed by atoms with E-state index in [1.165, 1.54) is 6.20 Å². The van der Waals surface area contributed by atoms with Crippen molar-refractivity contribution in [1.29, 1.82) is 0 Å². The van der Waals surface area contributed by atoms with Gasteiger partial charge in [0, 0.05) is 32.4 Å². The summed E-state index contributed by atoms with van der Waals surface area (Å²) in [5.41, 5.74) is 2.82. The summed E-state index contributed by atoms with van der Waals surface area (Å²) in [6.45, 7) is 4.76. The Kier molecular flexibility index (Phi) is 7.94. The van der Waals surface area contributed by atoms with Gasteiger partial charge in [-0.15, -0.1) is 0 Å². The maximum atomic E-state index is 14.6. The molecule has 172 valence electrons. The van der Waals surface area contributed by atoms with Crippen LogP contribution in [0.2, 0.25) is 0 Å². The second-order valence-electron chi connectivity index (χ2n) is 7.80. The lowest BCUT2D eigenvalue weighted by molar-refractivity contribution is -0.120. The van der Waals surface area contributed by atoms with E-state index in [2.05, 4.69) is 20.2 Å². The molecule has 1 amide bonds. The zero-order valence-corrected chi connectivity index (χ0v) is 18.4. The van der Waals surface area contributed by atoms with Crippen molar-refractivity contribution in [1.82, 2.24) is 20.2 Å². The van der Waals surface area contributed by atoms with Crippen molar-refractivity contribution < 1.29 is 18.7 Å². The summed E-state index contributed by atoms with van der Waals surface area (Å²) in [7, 11) is 0. The van der Waals surface area contributed by atoms with Crippen LogP contribution < -0.4 is 10.1 Å². The molecule has 0 aliphatic carbocycles. The molecule has 0 saturated carbocycles. The Hall–Kier alpha value is -3.36. The van der Waals surface area contributed by atoms with Crippen molar-refractivity contribution in [3.8, 4) is 17.1 Å². The second kappa shape index (κ2) is 11.5. The number of rotatable bonds is 9. The van der Waals surface area contributed by atoms with Gasteiger partial charge in [0.25, 0.3) is 0 Å². The van der Waals surface area contributed by atoms with Crippen LogP contribution in [0.15, 0.2) is 60.8 Å². The highest BCUT2D eigenvalue weighted by Gasteiger charge is 2.13. The van der Waals surface area contributed by atoms with E-state index in [9.17, 15) is 9.18 Å². The number of hydrogen-bond acceptors (Lipinski definition) is 6. The molecule has 0 spiro atoms. The number of carbonyl (C=O) groups excluding carboxylic acids is 1. The molecule has 0 bridgehead atoms. The molecule has 3 aromatic rings. The highest BCUT2D eigenvalue weighted by atomic mass is 19.1. The van der Waals surface area contributed by atoms with E-state index < -0.39 is 5.95 Å². The number of ether oxygens (including phenoxy) is 2. The van der Waals surface area contributed by atoms with Gasteiger partial charge in [0.15, 0.2) is 0 Å². The van der Waals surface area contributed by atoms with E-state index in [1.54, 1.807) is 12.1 Å². The highest BCUT2D eigenvalue weighted by molar-refractivity contribution is 5.78. The molecule has 8 heteroatoms. The Balaban J connectivity index is 1.28. The zero-order valence-electron chi connectivity index (χ0n) is 18.4. The average molecular weight is 451 g/mol. The van der Waals surface area contributed by atoms with Gasteiger partial charge >= 0.3 is 6.01 Å². The maximum Gasteiger partial charge on any atom is 0.319 e. The zero-order chi connectivity index (χ0) is 22.9. The molecule has 4 rings (SSSR count). The number of nitrogens with one attached hydrogen (secondary N) is 1. The smallest absolute Gasteiger partial charge is 0.319 e. The number of carbonyl (C=O) groups is 1. The number of halogens is 1. The first-order chi connectivity index (χ1) is 16.2. The molecule has 1 aromatic heterocycles. The van der Waals surface area contributed by atoms with E-state index in [-0.39, 0.29) is 23.9 Å². The summed E-state index contributed by atoms with van der Waals surface area (Å²) in [4.78, 5) is 22.4. The molecule has 1 aliphatic rings. The van der Waals surface area contributed by atoms with Crippen molar-refractivity contribution >= 4 is 5.91 Å². The van der Waals surface area contributed by atoms with Crippen molar-refractivity contribution in [2.45, 2.75) is 13.0 Å². The van der Waals surface area contributed by atoms with Gasteiger partial charge in [-0.1, -0.05) is 54.6 Å². The summed E-state index contributed by atoms with van der Waals surface area (Å²) in [6, 6.07) is 16.9. The molecular weight excluding hydrogens is 423 g/mol. The van der Waals surface area contributed by atoms with E-state index >= 15 is 0 Å². The van der Waals surface area contributed by atoms with Gasteiger partial charge in [0.2, 0.25) is 11.9 Å². The number of morpholine rings is 1. The van der Waals surface area contributed by atoms with Crippen LogP contribution in [0.1, 0.15) is 11.1 Å². The SMILES string of the molecule is O=C(Cc1ccc(-c2cnc(OCCN3CCOCC3)nc2F)cc1)NCc1ccccc1. The minimum atomic E-state index is -0.639. The number of amides is 1. The molecule has 0 unspecified atom stereocenters. The molecule has 7 nitrogen and oxygen atoms in total. The van der Waals surface area contributed by atoms with Crippen LogP contribution in [0.5, 0.6) is 6.01 Å². The number of nitrogens with zero attached hydrogens (tertiary/aromatic N) is 3. The predicted octanol–water partition coefficient (Wildman–Crippen LogP) is 2.85. The third-order valence-corrected chi connectivity index (χ3v) is 5.42. The standard InChI is InChI=1S/C25H27FN4O3/c26-24-22(18-28-25(29-24)33-15-12-30-10-13-32-14-11-30)21-8-6-19(7-9-21)16-23(31)27-17-20-4-2-1-3-5-20/h1-9,18H,10-17H2,(H,27,31). The fourth-order valence-corrected chi connectivity index (χ4v) is 3.55. The van der Waals surface area contributed by atoms with Gasteiger partial charge in [-0.2, -0.15) is 9.37 Å². The summed E-state index contributed by atoms with van der Waals surface area (Å²) in [5, 5.41) is 2.90. The Labute approximate surface area is 192 Å². The highest BCUT2D eigenvalue weighted by Crippen LogP contribution is 2.23. The summed E-state index contributed by atoms with van der Waals surface area (Å²) < 4.78 is 25.4. The lowest BCUT2D eigenvalue weighted by Crippen LogP contribution is -2.38. The Bertz CT molecular complexity index is 1040. The van der Waals surface area contributed by atoms with Gasteiger partial charge in [-0.3, -0.25) is 9.69 Å². The van der Waals surface area contributed by atoms with E-state index in [0.29, 0.717) is 18.7 Å². The van der Waals surface area contributed by atoms with Gasteiger partial charge < -0.3 is 14.8 Å². The Morgan fingerprint density at radius 3 is 2.55 bits per heavy atom. The average Bonchev–Trinajstić information content (AvgIpc) is 2.85. The van der Waals surface area contributed by atoms with Crippen molar-refractivity contribution in [3.63, 3.8) is 0 Å². The van der Waals surface area contributed by atoms with Crippen LogP contribution in [0, 0.1) is 5.95 Å². The molecule has 33 heavy (non-hydrogen) atoms. The monoisotopic (exact) mass is 450 g/mol. The van der Waals surface area contributed by atoms with Gasteiger partial charge in [0.05, 0.1) is 25.2 Å². The fourth-order valence-electron chi connectivity index (χ4n) is 3.55. The van der Waals surface area contributed by atoms with Crippen LogP contribution in [-0.4, -0.2) is 60.2 Å². The first kappa shape index (κ1) is 22.8. The quantitative estimate of drug-likeness (QED) is 0.506. The van der Waals surface area contributed by atoms with E-state index in [0.717, 1.165) is 44.0 Å². The molecule has 1 saturated heterocycles. The summed E-state index contributed by atoms with van der Waals surface area (Å²) in [6.07, 6.45) is 1.68. The first-order valence-corrected chi connectivity index (χ1v) is 11.0. The number of hydrogen-bond donors (Lipinski definition) is 1. The maximum absolute atomic E-state index is 14.6. The normalized spacial score (nSPS) is 14.1. The number of benzene rings is 2. The summed E-state index contributed by atoms with van der Waals surface area (Å²) in [5.74, 6) is -0.709. The third-order valence-electron chi connectivity index (χ3n) is 5.42. The van der Waals surface area contributed by atoms with E-state index in [1.807, 2.05) is 42.5 Å². The predicted molar refractivity (Wildman–Crippen MR) is 122 cm³/mol. The number of aromatic nitrogens is 2. The Morgan fingerprint density at radius 1 is 1.06 bits per heavy atom. The first-order valence-electron chi connectivity index (χ1n) is 11.0. The molecule has 1 aliphatic heterocycles. The summed E-state index contributed by atoms with van der Waals surface area (Å²) >= 11 is 0. The van der Waals surface area contributed by atoms with Crippen LogP contribution in [0.4, 0.5) is 4.39 Å². The molecule has 1 N–H and O–H groups in total. The van der Waals surface area contributed by atoms with Crippen LogP contribution in [-0.2, 0) is 22.5 Å². The van der Waals surface area contributed by atoms with Gasteiger partial charge in [-0.05, 0) is 16.7 Å². The lowest BCUT2D eigenvalue weighted by Gasteiger charge is -2.26. The van der Waals surface area contributed by atoms with Crippen LogP contribution in [0.25, 0.3) is 11.1 Å². The molecule has 0 atom stereocenters. The molecule has 2 heterocycles. The van der Waals surface area contributed by atoms with Gasteiger partial charge in [0.1, 0.15) is 6.61 Å². The molecular formula is C25H27FN4O3. The van der Waals surface area contributed by atoms with Crippen LogP contribution in [0.3, 0.4) is 0 Å². The topological polar surface area (TPSA) is 76.6 Å². The Morgan fingerprint density at radius 2 is 1.82 bits per heavy atom. The van der Waals surface area contributed by atoms with Crippen molar-refractivity contribution in [3.05, 3.63) is 77.9 Å². The van der Waals surface area contributed by atoms with Crippen LogP contribution >= 0.6 is 0 Å². The molecule has 0 radical (unpaired) electrons. The lowest BCUT2D eigenvalue weighted by atomic mass is 10.0. The van der Waals surface area contributed by atoms with Crippen molar-refractivity contribution in [2.75, 3.05) is 39.5 Å². The molecule has 2 aromatic carbocycles. The fraction of sp³-hybridized carbons (Fsp3) is 0.320. The van der Waals surface area contributed by atoms with Gasteiger partial charge in [-0.25, -0.2) is 4.98 Å².